The normalized spacial score (nSPS) is 16.1. The number of carbonyl (C=O) groups excluding carboxylic acids is 3. The van der Waals surface area contributed by atoms with Gasteiger partial charge in [-0.3, -0.25) is 14.5 Å². The minimum Gasteiger partial charge on any atom is -0.467 e. The molecule has 1 atom stereocenters. The largest absolute Gasteiger partial charge is 0.467 e. The molecule has 1 aliphatic rings. The van der Waals surface area contributed by atoms with Crippen LogP contribution in [-0.4, -0.2) is 35.8 Å². The molecule has 1 aromatic rings. The molecule has 0 aliphatic carbocycles. The summed E-state index contributed by atoms with van der Waals surface area (Å²) in [5, 5.41) is 0. The van der Waals surface area contributed by atoms with Gasteiger partial charge in [-0.25, -0.2) is 4.79 Å². The summed E-state index contributed by atoms with van der Waals surface area (Å²) in [6.07, 6.45) is 0. The lowest BCUT2D eigenvalue weighted by atomic mass is 9.85. The molecule has 0 bridgehead atoms. The van der Waals surface area contributed by atoms with Crippen molar-refractivity contribution in [3.63, 3.8) is 0 Å². The van der Waals surface area contributed by atoms with Gasteiger partial charge in [0, 0.05) is 0 Å². The number of ether oxygens (including phenoxy) is 1. The van der Waals surface area contributed by atoms with Crippen molar-refractivity contribution in [2.75, 3.05) is 7.11 Å². The molecule has 106 valence electrons. The molecular weight excluding hydrogens is 258 g/mol. The number of nitrogens with zero attached hydrogens (tertiary/aromatic N) is 1. The molecule has 2 amide bonds. The molecule has 0 N–H and O–H groups in total. The Morgan fingerprint density at radius 2 is 1.55 bits per heavy atom. The molecule has 1 aliphatic heterocycles. The quantitative estimate of drug-likeness (QED) is 0.610. The first-order chi connectivity index (χ1) is 9.29. The summed E-state index contributed by atoms with van der Waals surface area (Å²) in [6.45, 7) is 5.37. The predicted molar refractivity (Wildman–Crippen MR) is 72.2 cm³/mol. The molecule has 0 unspecified atom stereocenters. The zero-order chi connectivity index (χ0) is 15.1. The van der Waals surface area contributed by atoms with E-state index in [-0.39, 0.29) is 0 Å². The predicted octanol–water partition coefficient (Wildman–Crippen LogP) is 1.87. The second kappa shape index (κ2) is 4.74. The number of amides is 2. The first-order valence-corrected chi connectivity index (χ1v) is 6.33. The van der Waals surface area contributed by atoms with Crippen LogP contribution in [0.4, 0.5) is 0 Å². The van der Waals surface area contributed by atoms with Crippen LogP contribution in [0.5, 0.6) is 0 Å². The van der Waals surface area contributed by atoms with E-state index >= 15 is 0 Å². The Hall–Kier alpha value is -2.17. The monoisotopic (exact) mass is 275 g/mol. The van der Waals surface area contributed by atoms with Gasteiger partial charge >= 0.3 is 5.97 Å². The van der Waals surface area contributed by atoms with Crippen LogP contribution in [0.1, 0.15) is 41.5 Å². The molecule has 1 heterocycles. The molecule has 2 rings (SSSR count). The Morgan fingerprint density at radius 3 is 1.90 bits per heavy atom. The Balaban J connectivity index is 2.50. The van der Waals surface area contributed by atoms with Gasteiger partial charge in [-0.15, -0.1) is 0 Å². The highest BCUT2D eigenvalue weighted by Gasteiger charge is 2.48. The number of hydrogen-bond acceptors (Lipinski definition) is 4. The standard InChI is InChI=1S/C15H17NO4/c1-15(2,3)11(14(19)20-4)16-12(17)9-7-5-6-8-10(9)13(16)18/h5-8,11H,1-4H3/t11-/m1/s1. The van der Waals surface area contributed by atoms with Crippen LogP contribution in [0.2, 0.25) is 0 Å². The summed E-state index contributed by atoms with van der Waals surface area (Å²) in [6, 6.07) is 5.62. The van der Waals surface area contributed by atoms with E-state index in [1.165, 1.54) is 7.11 Å². The second-order valence-corrected chi connectivity index (χ2v) is 5.82. The van der Waals surface area contributed by atoms with E-state index in [1.807, 2.05) is 0 Å². The smallest absolute Gasteiger partial charge is 0.329 e. The van der Waals surface area contributed by atoms with Gasteiger partial charge in [0.1, 0.15) is 6.04 Å². The summed E-state index contributed by atoms with van der Waals surface area (Å²) < 4.78 is 4.76. The number of methoxy groups -OCH3 is 1. The van der Waals surface area contributed by atoms with Gasteiger partial charge in [-0.1, -0.05) is 32.9 Å². The first kappa shape index (κ1) is 14.2. The molecule has 0 saturated carbocycles. The van der Waals surface area contributed by atoms with Gasteiger partial charge in [0.2, 0.25) is 0 Å². The van der Waals surface area contributed by atoms with E-state index < -0.39 is 29.2 Å². The van der Waals surface area contributed by atoms with E-state index in [4.69, 9.17) is 4.74 Å². The van der Waals surface area contributed by atoms with E-state index in [9.17, 15) is 14.4 Å². The van der Waals surface area contributed by atoms with Crippen molar-refractivity contribution >= 4 is 17.8 Å². The van der Waals surface area contributed by atoms with Crippen molar-refractivity contribution < 1.29 is 19.1 Å². The minimum atomic E-state index is -0.945. The highest BCUT2D eigenvalue weighted by Crippen LogP contribution is 2.32. The maximum Gasteiger partial charge on any atom is 0.329 e. The third kappa shape index (κ3) is 2.09. The molecule has 0 radical (unpaired) electrons. The lowest BCUT2D eigenvalue weighted by molar-refractivity contribution is -0.148. The van der Waals surface area contributed by atoms with Gasteiger partial charge in [0.15, 0.2) is 0 Å². The summed E-state index contributed by atoms with van der Waals surface area (Å²) in [5.41, 5.74) is 0.0480. The maximum absolute atomic E-state index is 12.4. The molecule has 0 fully saturated rings. The molecule has 20 heavy (non-hydrogen) atoms. The van der Waals surface area contributed by atoms with Crippen LogP contribution in [0.25, 0.3) is 0 Å². The molecule has 0 aromatic heterocycles. The molecule has 5 heteroatoms. The van der Waals surface area contributed by atoms with Gasteiger partial charge in [-0.2, -0.15) is 0 Å². The summed E-state index contributed by atoms with van der Waals surface area (Å²) >= 11 is 0. The fraction of sp³-hybridized carbons (Fsp3) is 0.400. The van der Waals surface area contributed by atoms with Crippen LogP contribution in [-0.2, 0) is 9.53 Å². The Labute approximate surface area is 117 Å². The third-order valence-electron chi connectivity index (χ3n) is 3.33. The molecule has 0 spiro atoms. The second-order valence-electron chi connectivity index (χ2n) is 5.82. The highest BCUT2D eigenvalue weighted by molar-refractivity contribution is 6.22. The van der Waals surface area contributed by atoms with Crippen LogP contribution in [0, 0.1) is 5.41 Å². The van der Waals surface area contributed by atoms with Gasteiger partial charge in [0.25, 0.3) is 11.8 Å². The maximum atomic E-state index is 12.4. The number of benzene rings is 1. The fourth-order valence-electron chi connectivity index (χ4n) is 2.40. The average molecular weight is 275 g/mol. The van der Waals surface area contributed by atoms with Crippen molar-refractivity contribution in [2.45, 2.75) is 26.8 Å². The molecular formula is C15H17NO4. The van der Waals surface area contributed by atoms with E-state index in [1.54, 1.807) is 45.0 Å². The SMILES string of the molecule is COC(=O)[C@@H](N1C(=O)c2ccccc2C1=O)C(C)(C)C. The van der Waals surface area contributed by atoms with Crippen LogP contribution < -0.4 is 0 Å². The zero-order valence-electron chi connectivity index (χ0n) is 12.0. The van der Waals surface area contributed by atoms with E-state index in [0.29, 0.717) is 11.1 Å². The minimum absolute atomic E-state index is 0.329. The average Bonchev–Trinajstić information content (AvgIpc) is 2.63. The number of hydrogen-bond donors (Lipinski definition) is 0. The Kier molecular flexibility index (Phi) is 3.38. The lowest BCUT2D eigenvalue weighted by Gasteiger charge is -2.34. The number of fused-ring (bicyclic) bond motifs is 1. The lowest BCUT2D eigenvalue weighted by Crippen LogP contribution is -2.52. The highest BCUT2D eigenvalue weighted by atomic mass is 16.5. The van der Waals surface area contributed by atoms with Crippen molar-refractivity contribution in [1.82, 2.24) is 4.90 Å². The van der Waals surface area contributed by atoms with Gasteiger partial charge in [0.05, 0.1) is 18.2 Å². The fourth-order valence-corrected chi connectivity index (χ4v) is 2.40. The Bertz CT molecular complexity index is 551. The Morgan fingerprint density at radius 1 is 1.10 bits per heavy atom. The third-order valence-corrected chi connectivity index (χ3v) is 3.33. The molecule has 0 saturated heterocycles. The summed E-state index contributed by atoms with van der Waals surface area (Å²) in [5.74, 6) is -1.49. The van der Waals surface area contributed by atoms with Crippen LogP contribution in [0.15, 0.2) is 24.3 Å². The topological polar surface area (TPSA) is 63.7 Å². The molecule has 1 aromatic carbocycles. The van der Waals surface area contributed by atoms with Crippen molar-refractivity contribution in [1.29, 1.82) is 0 Å². The first-order valence-electron chi connectivity index (χ1n) is 6.33. The van der Waals surface area contributed by atoms with Crippen molar-refractivity contribution in [3.8, 4) is 0 Å². The van der Waals surface area contributed by atoms with Gasteiger partial charge < -0.3 is 4.74 Å². The number of rotatable bonds is 2. The van der Waals surface area contributed by atoms with Crippen LogP contribution in [0.3, 0.4) is 0 Å². The number of esters is 1. The number of carbonyl (C=O) groups is 3. The zero-order valence-corrected chi connectivity index (χ0v) is 12.0. The molecule has 5 nitrogen and oxygen atoms in total. The summed E-state index contributed by atoms with van der Waals surface area (Å²) in [7, 11) is 1.25. The van der Waals surface area contributed by atoms with Crippen molar-refractivity contribution in [2.24, 2.45) is 5.41 Å². The van der Waals surface area contributed by atoms with E-state index in [0.717, 1.165) is 4.90 Å². The number of imide groups is 1. The van der Waals surface area contributed by atoms with Gasteiger partial charge in [-0.05, 0) is 17.5 Å². The van der Waals surface area contributed by atoms with Crippen LogP contribution >= 0.6 is 0 Å². The van der Waals surface area contributed by atoms with E-state index in [2.05, 4.69) is 0 Å². The van der Waals surface area contributed by atoms with Crippen molar-refractivity contribution in [3.05, 3.63) is 35.4 Å². The summed E-state index contributed by atoms with van der Waals surface area (Å²) in [4.78, 5) is 37.9.